The zero-order valence-electron chi connectivity index (χ0n) is 8.28. The lowest BCUT2D eigenvalue weighted by molar-refractivity contribution is 0.526. The highest BCUT2D eigenvalue weighted by Crippen LogP contribution is 2.28. The molecule has 0 spiro atoms. The molecule has 0 fully saturated rings. The van der Waals surface area contributed by atoms with E-state index in [0.717, 1.165) is 11.1 Å². The van der Waals surface area contributed by atoms with Gasteiger partial charge in [0.2, 0.25) is 0 Å². The van der Waals surface area contributed by atoms with Crippen molar-refractivity contribution in [2.24, 2.45) is 5.84 Å². The lowest BCUT2D eigenvalue weighted by Crippen LogP contribution is -2.28. The summed E-state index contributed by atoms with van der Waals surface area (Å²) in [5.41, 5.74) is 4.40. The number of hydrogen-bond acceptors (Lipinski definition) is 3. The number of nitrogens with two attached hydrogens (primary N) is 1. The first kappa shape index (κ1) is 11.3. The number of halogens is 2. The highest BCUT2D eigenvalue weighted by Gasteiger charge is 2.17. The van der Waals surface area contributed by atoms with E-state index in [2.05, 4.69) is 21.4 Å². The molecular formula is C11H10BrFN2O. The summed E-state index contributed by atoms with van der Waals surface area (Å²) in [4.78, 5) is 0. The molecule has 1 aromatic carbocycles. The zero-order valence-corrected chi connectivity index (χ0v) is 9.87. The van der Waals surface area contributed by atoms with E-state index in [1.807, 2.05) is 0 Å². The van der Waals surface area contributed by atoms with E-state index in [0.29, 0.717) is 4.67 Å². The molecule has 0 aliphatic heterocycles. The molecule has 16 heavy (non-hydrogen) atoms. The fourth-order valence-electron chi connectivity index (χ4n) is 1.53. The Morgan fingerprint density at radius 2 is 1.94 bits per heavy atom. The molecule has 1 unspecified atom stereocenters. The van der Waals surface area contributed by atoms with Crippen molar-refractivity contribution in [3.8, 4) is 0 Å². The standard InChI is InChI=1S/C11H10BrFN2O/c12-11-9(5-6-16-11)10(15-14)7-1-3-8(13)4-2-7/h1-6,10,15H,14H2. The lowest BCUT2D eigenvalue weighted by atomic mass is 10.0. The molecule has 2 aromatic rings. The number of rotatable bonds is 3. The molecule has 0 aliphatic rings. The van der Waals surface area contributed by atoms with Crippen LogP contribution in [0.1, 0.15) is 17.2 Å². The number of hydrazine groups is 1. The Kier molecular flexibility index (Phi) is 3.38. The second-order valence-electron chi connectivity index (χ2n) is 3.30. The quantitative estimate of drug-likeness (QED) is 0.673. The van der Waals surface area contributed by atoms with Crippen LogP contribution in [0.25, 0.3) is 0 Å². The Labute approximate surface area is 101 Å². The molecule has 0 saturated carbocycles. The first-order chi connectivity index (χ1) is 7.72. The minimum absolute atomic E-state index is 0.228. The maximum atomic E-state index is 12.8. The van der Waals surface area contributed by atoms with Crippen molar-refractivity contribution in [1.29, 1.82) is 0 Å². The third kappa shape index (κ3) is 2.16. The normalized spacial score (nSPS) is 12.7. The van der Waals surface area contributed by atoms with Gasteiger partial charge in [0.1, 0.15) is 5.82 Å². The van der Waals surface area contributed by atoms with Gasteiger partial charge in [-0.25, -0.2) is 9.82 Å². The third-order valence-electron chi connectivity index (χ3n) is 2.33. The molecule has 1 atom stereocenters. The maximum absolute atomic E-state index is 12.8. The Bertz CT molecular complexity index is 469. The molecule has 1 heterocycles. The van der Waals surface area contributed by atoms with Crippen LogP contribution in [-0.2, 0) is 0 Å². The first-order valence-electron chi connectivity index (χ1n) is 4.67. The Hall–Kier alpha value is -1.17. The molecule has 5 heteroatoms. The molecule has 0 radical (unpaired) electrons. The van der Waals surface area contributed by atoms with Crippen LogP contribution in [0.2, 0.25) is 0 Å². The van der Waals surface area contributed by atoms with Crippen molar-refractivity contribution >= 4 is 15.9 Å². The van der Waals surface area contributed by atoms with Gasteiger partial charge in [0.05, 0.1) is 12.3 Å². The van der Waals surface area contributed by atoms with Crippen LogP contribution in [-0.4, -0.2) is 0 Å². The summed E-state index contributed by atoms with van der Waals surface area (Å²) in [6.07, 6.45) is 1.56. The van der Waals surface area contributed by atoms with E-state index in [9.17, 15) is 4.39 Å². The fraction of sp³-hybridized carbons (Fsp3) is 0.0909. The van der Waals surface area contributed by atoms with Crippen LogP contribution in [0.3, 0.4) is 0 Å². The molecule has 3 nitrogen and oxygen atoms in total. The Morgan fingerprint density at radius 3 is 2.44 bits per heavy atom. The van der Waals surface area contributed by atoms with E-state index in [1.165, 1.54) is 12.1 Å². The molecule has 0 saturated heterocycles. The average molecular weight is 285 g/mol. The van der Waals surface area contributed by atoms with Crippen molar-refractivity contribution < 1.29 is 8.81 Å². The summed E-state index contributed by atoms with van der Waals surface area (Å²) < 4.78 is 18.5. The smallest absolute Gasteiger partial charge is 0.174 e. The van der Waals surface area contributed by atoms with Crippen LogP contribution in [0.5, 0.6) is 0 Å². The number of furan rings is 1. The summed E-state index contributed by atoms with van der Waals surface area (Å²) in [5, 5.41) is 0. The molecule has 3 N–H and O–H groups in total. The van der Waals surface area contributed by atoms with Crippen LogP contribution in [0.15, 0.2) is 45.7 Å². The highest BCUT2D eigenvalue weighted by atomic mass is 79.9. The van der Waals surface area contributed by atoms with Crippen molar-refractivity contribution in [1.82, 2.24) is 5.43 Å². The Balaban J connectivity index is 2.37. The highest BCUT2D eigenvalue weighted by molar-refractivity contribution is 9.10. The molecule has 2 rings (SSSR count). The summed E-state index contributed by atoms with van der Waals surface area (Å²) in [5.74, 6) is 5.22. The van der Waals surface area contributed by atoms with Crippen molar-refractivity contribution in [3.05, 3.63) is 58.2 Å². The van der Waals surface area contributed by atoms with E-state index in [-0.39, 0.29) is 11.9 Å². The first-order valence-corrected chi connectivity index (χ1v) is 5.46. The van der Waals surface area contributed by atoms with Gasteiger partial charge in [0, 0.05) is 5.56 Å². The van der Waals surface area contributed by atoms with Gasteiger partial charge in [-0.15, -0.1) is 0 Å². The second-order valence-corrected chi connectivity index (χ2v) is 4.02. The van der Waals surface area contributed by atoms with Crippen LogP contribution >= 0.6 is 15.9 Å². The van der Waals surface area contributed by atoms with Gasteiger partial charge in [-0.3, -0.25) is 5.84 Å². The molecule has 1 aromatic heterocycles. The largest absolute Gasteiger partial charge is 0.457 e. The van der Waals surface area contributed by atoms with Crippen molar-refractivity contribution in [2.75, 3.05) is 0 Å². The van der Waals surface area contributed by atoms with Gasteiger partial charge in [0.15, 0.2) is 4.67 Å². The summed E-state index contributed by atoms with van der Waals surface area (Å²) in [6.45, 7) is 0. The van der Waals surface area contributed by atoms with Gasteiger partial charge >= 0.3 is 0 Å². The zero-order chi connectivity index (χ0) is 11.5. The van der Waals surface area contributed by atoms with Crippen LogP contribution in [0, 0.1) is 5.82 Å². The van der Waals surface area contributed by atoms with Gasteiger partial charge in [0.25, 0.3) is 0 Å². The molecule has 0 aliphatic carbocycles. The van der Waals surface area contributed by atoms with Gasteiger partial charge < -0.3 is 4.42 Å². The summed E-state index contributed by atoms with van der Waals surface area (Å²) in [6, 6.07) is 7.73. The monoisotopic (exact) mass is 284 g/mol. The molecular weight excluding hydrogens is 275 g/mol. The van der Waals surface area contributed by atoms with Crippen molar-refractivity contribution in [3.63, 3.8) is 0 Å². The van der Waals surface area contributed by atoms with Gasteiger partial charge in [-0.1, -0.05) is 12.1 Å². The minimum Gasteiger partial charge on any atom is -0.457 e. The van der Waals surface area contributed by atoms with Crippen molar-refractivity contribution in [2.45, 2.75) is 6.04 Å². The van der Waals surface area contributed by atoms with Crippen LogP contribution in [0.4, 0.5) is 4.39 Å². The van der Waals surface area contributed by atoms with Crippen LogP contribution < -0.4 is 11.3 Å². The molecule has 0 bridgehead atoms. The fourth-order valence-corrected chi connectivity index (χ4v) is 2.00. The number of benzene rings is 1. The maximum Gasteiger partial charge on any atom is 0.174 e. The predicted octanol–water partition coefficient (Wildman–Crippen LogP) is 2.73. The van der Waals surface area contributed by atoms with E-state index in [1.54, 1.807) is 24.5 Å². The number of hydrogen-bond donors (Lipinski definition) is 2. The van der Waals surface area contributed by atoms with E-state index >= 15 is 0 Å². The molecule has 0 amide bonds. The average Bonchev–Trinajstić information content (AvgIpc) is 2.69. The lowest BCUT2D eigenvalue weighted by Gasteiger charge is -2.15. The topological polar surface area (TPSA) is 51.2 Å². The molecule has 84 valence electrons. The number of nitrogens with one attached hydrogen (secondary N) is 1. The Morgan fingerprint density at radius 1 is 1.25 bits per heavy atom. The van der Waals surface area contributed by atoms with Gasteiger partial charge in [-0.2, -0.15) is 0 Å². The minimum atomic E-state index is -0.272. The summed E-state index contributed by atoms with van der Waals surface area (Å²) in [7, 11) is 0. The third-order valence-corrected chi connectivity index (χ3v) is 2.97. The SMILES string of the molecule is NNC(c1ccc(F)cc1)c1ccoc1Br. The second kappa shape index (κ2) is 4.78. The summed E-state index contributed by atoms with van der Waals surface area (Å²) >= 11 is 3.28. The van der Waals surface area contributed by atoms with Gasteiger partial charge in [-0.05, 0) is 39.7 Å². The van der Waals surface area contributed by atoms with E-state index < -0.39 is 0 Å². The predicted molar refractivity (Wildman–Crippen MR) is 62.0 cm³/mol. The van der Waals surface area contributed by atoms with E-state index in [4.69, 9.17) is 10.3 Å².